The molecule has 37 heavy (non-hydrogen) atoms. The number of nitriles is 1. The van der Waals surface area contributed by atoms with E-state index >= 15 is 0 Å². The SMILES string of the molecule is CC(C)CC1(c2ccccc2)NC(=N)N(Cc2cncc(C(=O)N(C)Cc3ccc(C#N)cc3)c2)C1=O. The summed E-state index contributed by atoms with van der Waals surface area (Å²) in [5, 5.41) is 20.7. The van der Waals surface area contributed by atoms with Crippen LogP contribution in [0.15, 0.2) is 73.1 Å². The number of aromatic nitrogens is 1. The van der Waals surface area contributed by atoms with Crippen LogP contribution in [0.25, 0.3) is 0 Å². The van der Waals surface area contributed by atoms with Gasteiger partial charge in [0, 0.05) is 26.0 Å². The van der Waals surface area contributed by atoms with Crippen molar-refractivity contribution in [1.82, 2.24) is 20.1 Å². The van der Waals surface area contributed by atoms with Gasteiger partial charge in [-0.1, -0.05) is 56.3 Å². The second kappa shape index (κ2) is 10.6. The third kappa shape index (κ3) is 5.36. The minimum Gasteiger partial charge on any atom is -0.338 e. The average molecular weight is 495 g/mol. The van der Waals surface area contributed by atoms with Gasteiger partial charge in [-0.05, 0) is 47.2 Å². The lowest BCUT2D eigenvalue weighted by Gasteiger charge is -2.29. The highest BCUT2D eigenvalue weighted by molar-refractivity contribution is 6.08. The van der Waals surface area contributed by atoms with E-state index in [0.717, 1.165) is 11.1 Å². The Morgan fingerprint density at radius 2 is 1.84 bits per heavy atom. The molecule has 1 aliphatic rings. The number of pyridine rings is 1. The van der Waals surface area contributed by atoms with E-state index in [-0.39, 0.29) is 30.2 Å². The van der Waals surface area contributed by atoms with Crippen LogP contribution < -0.4 is 5.32 Å². The Hall–Kier alpha value is -4.51. The fraction of sp³-hybridized carbons (Fsp3) is 0.276. The molecule has 2 amide bonds. The van der Waals surface area contributed by atoms with Crippen molar-refractivity contribution < 1.29 is 9.59 Å². The first kappa shape index (κ1) is 25.6. The molecular formula is C29H30N6O2. The van der Waals surface area contributed by atoms with Crippen molar-refractivity contribution in [3.05, 3.63) is 101 Å². The molecule has 0 aliphatic carbocycles. The Morgan fingerprint density at radius 1 is 1.14 bits per heavy atom. The highest BCUT2D eigenvalue weighted by Crippen LogP contribution is 2.35. The van der Waals surface area contributed by atoms with Crippen LogP contribution in [0.1, 0.15) is 52.9 Å². The molecule has 8 heteroatoms. The second-order valence-electron chi connectivity index (χ2n) is 9.79. The minimum atomic E-state index is -1.01. The van der Waals surface area contributed by atoms with Crippen LogP contribution in [-0.4, -0.2) is 39.6 Å². The highest BCUT2D eigenvalue weighted by Gasteiger charge is 2.50. The number of guanidine groups is 1. The van der Waals surface area contributed by atoms with Gasteiger partial charge < -0.3 is 10.2 Å². The molecule has 0 spiro atoms. The maximum absolute atomic E-state index is 13.8. The van der Waals surface area contributed by atoms with Gasteiger partial charge in [0.25, 0.3) is 11.8 Å². The summed E-state index contributed by atoms with van der Waals surface area (Å²) in [6.07, 6.45) is 3.66. The quantitative estimate of drug-likeness (QED) is 0.491. The van der Waals surface area contributed by atoms with Gasteiger partial charge in [0.15, 0.2) is 5.96 Å². The molecule has 0 bridgehead atoms. The molecule has 1 fully saturated rings. The molecule has 0 radical (unpaired) electrons. The zero-order chi connectivity index (χ0) is 26.6. The Morgan fingerprint density at radius 3 is 2.49 bits per heavy atom. The fourth-order valence-corrected chi connectivity index (χ4v) is 4.72. The first-order valence-corrected chi connectivity index (χ1v) is 12.2. The zero-order valence-electron chi connectivity index (χ0n) is 21.2. The Kier molecular flexibility index (Phi) is 7.35. The van der Waals surface area contributed by atoms with Crippen LogP contribution in [0.5, 0.6) is 0 Å². The van der Waals surface area contributed by atoms with E-state index in [0.29, 0.717) is 29.7 Å². The Bertz CT molecular complexity index is 1350. The van der Waals surface area contributed by atoms with Crippen LogP contribution in [0, 0.1) is 22.7 Å². The van der Waals surface area contributed by atoms with Crippen LogP contribution in [0.4, 0.5) is 0 Å². The summed E-state index contributed by atoms with van der Waals surface area (Å²) in [5.41, 5.74) is 2.35. The van der Waals surface area contributed by atoms with Crippen LogP contribution in [0.3, 0.4) is 0 Å². The molecule has 2 N–H and O–H groups in total. The van der Waals surface area contributed by atoms with Gasteiger partial charge in [0.05, 0.1) is 23.7 Å². The van der Waals surface area contributed by atoms with Gasteiger partial charge in [-0.3, -0.25) is 24.9 Å². The minimum absolute atomic E-state index is 0.0316. The normalized spacial score (nSPS) is 17.0. The predicted octanol–water partition coefficient (Wildman–Crippen LogP) is 4.03. The molecule has 2 heterocycles. The number of nitrogens with zero attached hydrogens (tertiary/aromatic N) is 4. The zero-order valence-corrected chi connectivity index (χ0v) is 21.2. The molecular weight excluding hydrogens is 464 g/mol. The summed E-state index contributed by atoms with van der Waals surface area (Å²) < 4.78 is 0. The summed E-state index contributed by atoms with van der Waals surface area (Å²) in [7, 11) is 1.71. The highest BCUT2D eigenvalue weighted by atomic mass is 16.2. The largest absolute Gasteiger partial charge is 0.338 e. The number of carbonyl (C=O) groups excluding carboxylic acids is 2. The van der Waals surface area contributed by atoms with Crippen molar-refractivity contribution in [2.45, 2.75) is 38.9 Å². The van der Waals surface area contributed by atoms with Crippen molar-refractivity contribution in [3.8, 4) is 6.07 Å². The van der Waals surface area contributed by atoms with Crippen LogP contribution in [-0.2, 0) is 23.4 Å². The lowest BCUT2D eigenvalue weighted by atomic mass is 9.82. The van der Waals surface area contributed by atoms with Crippen molar-refractivity contribution in [3.63, 3.8) is 0 Å². The number of rotatable bonds is 8. The second-order valence-corrected chi connectivity index (χ2v) is 9.79. The molecule has 1 aromatic heterocycles. The van der Waals surface area contributed by atoms with Gasteiger partial charge >= 0.3 is 0 Å². The van der Waals surface area contributed by atoms with Gasteiger partial charge in [0.2, 0.25) is 0 Å². The van der Waals surface area contributed by atoms with Crippen molar-refractivity contribution in [1.29, 1.82) is 10.7 Å². The van der Waals surface area contributed by atoms with E-state index in [4.69, 9.17) is 10.7 Å². The molecule has 188 valence electrons. The fourth-order valence-electron chi connectivity index (χ4n) is 4.72. The molecule has 8 nitrogen and oxygen atoms in total. The van der Waals surface area contributed by atoms with Gasteiger partial charge in [-0.2, -0.15) is 5.26 Å². The monoisotopic (exact) mass is 494 g/mol. The molecule has 1 unspecified atom stereocenters. The van der Waals surface area contributed by atoms with E-state index in [2.05, 4.69) is 30.2 Å². The van der Waals surface area contributed by atoms with Gasteiger partial charge in [-0.15, -0.1) is 0 Å². The van der Waals surface area contributed by atoms with E-state index in [9.17, 15) is 9.59 Å². The third-order valence-corrected chi connectivity index (χ3v) is 6.42. The topological polar surface area (TPSA) is 113 Å². The van der Waals surface area contributed by atoms with Gasteiger partial charge in [0.1, 0.15) is 5.54 Å². The van der Waals surface area contributed by atoms with E-state index in [1.54, 1.807) is 36.3 Å². The maximum Gasteiger partial charge on any atom is 0.260 e. The molecule has 1 aliphatic heterocycles. The maximum atomic E-state index is 13.8. The number of amides is 2. The molecule has 3 aromatic rings. The Balaban J connectivity index is 1.52. The number of hydrogen-bond acceptors (Lipinski definition) is 5. The standard InChI is InChI=1S/C29H30N6O2/c1-20(2)14-29(25-7-5-4-6-8-25)27(37)35(28(31)33-29)19-23-13-24(17-32-16-23)26(36)34(3)18-22-11-9-21(15-30)10-12-22/h4-13,16-17,20H,14,18-19H2,1-3H3,(H2,31,33). The molecule has 4 rings (SSSR count). The van der Waals surface area contributed by atoms with E-state index in [1.807, 2.05) is 42.5 Å². The Labute approximate surface area is 217 Å². The summed E-state index contributed by atoms with van der Waals surface area (Å²) in [6.45, 7) is 4.62. The lowest BCUT2D eigenvalue weighted by Crippen LogP contribution is -2.45. The summed E-state index contributed by atoms with van der Waals surface area (Å²) >= 11 is 0. The smallest absolute Gasteiger partial charge is 0.260 e. The van der Waals surface area contributed by atoms with Gasteiger partial charge in [-0.25, -0.2) is 0 Å². The number of carbonyl (C=O) groups is 2. The van der Waals surface area contributed by atoms with E-state index < -0.39 is 5.54 Å². The lowest BCUT2D eigenvalue weighted by molar-refractivity contribution is -0.132. The molecule has 1 atom stereocenters. The van der Waals surface area contributed by atoms with Crippen LogP contribution in [0.2, 0.25) is 0 Å². The van der Waals surface area contributed by atoms with Crippen molar-refractivity contribution in [2.24, 2.45) is 5.92 Å². The third-order valence-electron chi connectivity index (χ3n) is 6.42. The first-order valence-electron chi connectivity index (χ1n) is 12.2. The van der Waals surface area contributed by atoms with Crippen molar-refractivity contribution >= 4 is 17.8 Å². The summed E-state index contributed by atoms with van der Waals surface area (Å²) in [4.78, 5) is 34.1. The number of nitrogens with one attached hydrogen (secondary N) is 2. The first-order chi connectivity index (χ1) is 17.7. The molecule has 2 aromatic carbocycles. The van der Waals surface area contributed by atoms with Crippen molar-refractivity contribution in [2.75, 3.05) is 7.05 Å². The summed E-state index contributed by atoms with van der Waals surface area (Å²) in [6, 6.07) is 20.4. The molecule has 1 saturated heterocycles. The van der Waals surface area contributed by atoms with Crippen LogP contribution >= 0.6 is 0 Å². The number of hydrogen-bond donors (Lipinski definition) is 2. The predicted molar refractivity (Wildman–Crippen MR) is 140 cm³/mol. The molecule has 0 saturated carbocycles. The summed E-state index contributed by atoms with van der Waals surface area (Å²) in [5.74, 6) is -0.145. The van der Waals surface area contributed by atoms with E-state index in [1.165, 1.54) is 11.1 Å². The number of benzene rings is 2. The average Bonchev–Trinajstić information content (AvgIpc) is 3.13.